The second-order valence-corrected chi connectivity index (χ2v) is 12.6. The third kappa shape index (κ3) is 4.39. The van der Waals surface area contributed by atoms with Crippen molar-refractivity contribution < 1.29 is 9.13 Å². The van der Waals surface area contributed by atoms with E-state index in [1.54, 1.807) is 4.68 Å². The standard InChI is InChI=1S/C16H25FN4OSi/c1-11-15(16-14(18)8-13(17)9-19-16)12(2)21(20-11)10-22-6-7-23(3,4)5/h8-9H,6-7,10,18H2,1-5H3. The Hall–Kier alpha value is -1.73. The van der Waals surface area contributed by atoms with Crippen LogP contribution in [0.1, 0.15) is 11.4 Å². The van der Waals surface area contributed by atoms with Gasteiger partial charge in [0.15, 0.2) is 0 Å². The third-order valence-corrected chi connectivity index (χ3v) is 5.42. The molecular formula is C16H25FN4OSi. The lowest BCUT2D eigenvalue weighted by molar-refractivity contribution is 0.0770. The van der Waals surface area contributed by atoms with E-state index in [1.165, 1.54) is 12.3 Å². The number of pyridine rings is 1. The van der Waals surface area contributed by atoms with Crippen LogP contribution in [0.25, 0.3) is 11.3 Å². The van der Waals surface area contributed by atoms with Gasteiger partial charge in [-0.2, -0.15) is 5.10 Å². The summed E-state index contributed by atoms with van der Waals surface area (Å²) < 4.78 is 20.7. The van der Waals surface area contributed by atoms with Crippen LogP contribution in [0.4, 0.5) is 10.1 Å². The molecule has 0 bridgehead atoms. The van der Waals surface area contributed by atoms with Crippen LogP contribution in [0.15, 0.2) is 12.3 Å². The number of aromatic nitrogens is 3. The maximum Gasteiger partial charge on any atom is 0.143 e. The van der Waals surface area contributed by atoms with Gasteiger partial charge in [-0.1, -0.05) is 19.6 Å². The van der Waals surface area contributed by atoms with Gasteiger partial charge < -0.3 is 10.5 Å². The molecule has 2 rings (SSSR count). The number of rotatable bonds is 6. The molecule has 23 heavy (non-hydrogen) atoms. The minimum absolute atomic E-state index is 0.315. The van der Waals surface area contributed by atoms with Crippen LogP contribution in [0.2, 0.25) is 25.7 Å². The van der Waals surface area contributed by atoms with E-state index < -0.39 is 13.9 Å². The fraction of sp³-hybridized carbons (Fsp3) is 0.500. The van der Waals surface area contributed by atoms with E-state index in [9.17, 15) is 4.39 Å². The highest BCUT2D eigenvalue weighted by Gasteiger charge is 2.18. The van der Waals surface area contributed by atoms with E-state index >= 15 is 0 Å². The van der Waals surface area contributed by atoms with Crippen LogP contribution < -0.4 is 5.73 Å². The molecular weight excluding hydrogens is 311 g/mol. The van der Waals surface area contributed by atoms with Crippen molar-refractivity contribution in [2.45, 2.75) is 46.3 Å². The number of hydrogen-bond acceptors (Lipinski definition) is 4. The molecule has 0 aliphatic heterocycles. The summed E-state index contributed by atoms with van der Waals surface area (Å²) in [6.45, 7) is 11.9. The molecule has 5 nitrogen and oxygen atoms in total. The first-order valence-corrected chi connectivity index (χ1v) is 11.4. The topological polar surface area (TPSA) is 66.0 Å². The van der Waals surface area contributed by atoms with E-state index in [2.05, 4.69) is 29.7 Å². The number of aryl methyl sites for hydroxylation is 1. The molecule has 126 valence electrons. The van der Waals surface area contributed by atoms with Gasteiger partial charge in [-0.3, -0.25) is 4.98 Å². The molecule has 2 N–H and O–H groups in total. The SMILES string of the molecule is Cc1nn(COCC[Si](C)(C)C)c(C)c1-c1ncc(F)cc1N. The molecule has 0 spiro atoms. The Balaban J connectivity index is 2.16. The van der Waals surface area contributed by atoms with Crippen molar-refractivity contribution in [3.05, 3.63) is 29.5 Å². The lowest BCUT2D eigenvalue weighted by Gasteiger charge is -2.15. The molecule has 0 saturated carbocycles. The quantitative estimate of drug-likeness (QED) is 0.646. The second-order valence-electron chi connectivity index (χ2n) is 6.98. The molecule has 0 fully saturated rings. The third-order valence-electron chi connectivity index (χ3n) is 3.71. The molecule has 2 aromatic rings. The summed E-state index contributed by atoms with van der Waals surface area (Å²) >= 11 is 0. The molecule has 0 aliphatic carbocycles. The maximum atomic E-state index is 13.2. The largest absolute Gasteiger partial charge is 0.397 e. The molecule has 0 unspecified atom stereocenters. The van der Waals surface area contributed by atoms with Gasteiger partial charge >= 0.3 is 0 Å². The van der Waals surface area contributed by atoms with Gasteiger partial charge in [0, 0.05) is 32.0 Å². The summed E-state index contributed by atoms with van der Waals surface area (Å²) in [6, 6.07) is 2.40. The van der Waals surface area contributed by atoms with E-state index in [4.69, 9.17) is 10.5 Å². The first-order valence-electron chi connectivity index (χ1n) is 7.72. The van der Waals surface area contributed by atoms with E-state index in [0.717, 1.165) is 29.6 Å². The van der Waals surface area contributed by atoms with Crippen LogP contribution in [0.3, 0.4) is 0 Å². The van der Waals surface area contributed by atoms with Gasteiger partial charge in [-0.05, 0) is 19.9 Å². The number of anilines is 1. The summed E-state index contributed by atoms with van der Waals surface area (Å²) in [5.74, 6) is -0.441. The average molecular weight is 336 g/mol. The minimum atomic E-state index is -1.10. The van der Waals surface area contributed by atoms with Gasteiger partial charge in [-0.15, -0.1) is 0 Å². The van der Waals surface area contributed by atoms with E-state index in [-0.39, 0.29) is 0 Å². The van der Waals surface area contributed by atoms with Crippen molar-refractivity contribution in [1.82, 2.24) is 14.8 Å². The van der Waals surface area contributed by atoms with Crippen molar-refractivity contribution >= 4 is 13.8 Å². The molecule has 0 radical (unpaired) electrons. The molecule has 0 atom stereocenters. The van der Waals surface area contributed by atoms with Crippen LogP contribution in [0.5, 0.6) is 0 Å². The van der Waals surface area contributed by atoms with Gasteiger partial charge in [0.25, 0.3) is 0 Å². The number of nitrogen functional groups attached to an aromatic ring is 1. The lowest BCUT2D eigenvalue weighted by atomic mass is 10.1. The van der Waals surface area contributed by atoms with Crippen molar-refractivity contribution in [1.29, 1.82) is 0 Å². The molecule has 7 heteroatoms. The number of nitrogens with two attached hydrogens (primary N) is 1. The smallest absolute Gasteiger partial charge is 0.143 e. The average Bonchev–Trinajstić information content (AvgIpc) is 2.70. The van der Waals surface area contributed by atoms with Crippen molar-refractivity contribution in [3.63, 3.8) is 0 Å². The van der Waals surface area contributed by atoms with E-state index in [0.29, 0.717) is 18.1 Å². The first-order chi connectivity index (χ1) is 10.7. The maximum absolute atomic E-state index is 13.2. The van der Waals surface area contributed by atoms with Crippen LogP contribution in [-0.4, -0.2) is 29.4 Å². The Morgan fingerprint density at radius 3 is 2.61 bits per heavy atom. The predicted molar refractivity (Wildman–Crippen MR) is 93.4 cm³/mol. The predicted octanol–water partition coefficient (Wildman–Crippen LogP) is 3.60. The van der Waals surface area contributed by atoms with Crippen LogP contribution in [-0.2, 0) is 11.5 Å². The highest BCUT2D eigenvalue weighted by atomic mass is 28.3. The zero-order valence-corrected chi connectivity index (χ0v) is 15.5. The zero-order chi connectivity index (χ0) is 17.2. The molecule has 2 aromatic heterocycles. The number of nitrogens with zero attached hydrogens (tertiary/aromatic N) is 3. The molecule has 0 saturated heterocycles. The minimum Gasteiger partial charge on any atom is -0.397 e. The van der Waals surface area contributed by atoms with Crippen LogP contribution in [0, 0.1) is 19.7 Å². The monoisotopic (exact) mass is 336 g/mol. The summed E-state index contributed by atoms with van der Waals surface area (Å²) in [7, 11) is -1.10. The first kappa shape index (κ1) is 17.6. The number of halogens is 1. The van der Waals surface area contributed by atoms with Crippen molar-refractivity contribution in [3.8, 4) is 11.3 Å². The van der Waals surface area contributed by atoms with Gasteiger partial charge in [-0.25, -0.2) is 9.07 Å². The Labute approximate surface area is 137 Å². The number of ether oxygens (including phenoxy) is 1. The van der Waals surface area contributed by atoms with Gasteiger partial charge in [0.05, 0.1) is 23.3 Å². The summed E-state index contributed by atoms with van der Waals surface area (Å²) in [5, 5.41) is 4.50. The Morgan fingerprint density at radius 1 is 1.30 bits per heavy atom. The molecule has 2 heterocycles. The highest BCUT2D eigenvalue weighted by molar-refractivity contribution is 6.76. The second kappa shape index (κ2) is 6.80. The van der Waals surface area contributed by atoms with Gasteiger partial charge in [0.1, 0.15) is 12.5 Å². The summed E-state index contributed by atoms with van der Waals surface area (Å²) in [5.41, 5.74) is 9.35. The number of hydrogen-bond donors (Lipinski definition) is 1. The fourth-order valence-corrected chi connectivity index (χ4v) is 3.12. The highest BCUT2D eigenvalue weighted by Crippen LogP contribution is 2.29. The van der Waals surface area contributed by atoms with Crippen molar-refractivity contribution in [2.24, 2.45) is 0 Å². The van der Waals surface area contributed by atoms with Crippen LogP contribution >= 0.6 is 0 Å². The molecule has 0 aromatic carbocycles. The molecule has 0 aliphatic rings. The molecule has 0 amide bonds. The Morgan fingerprint density at radius 2 is 2.00 bits per heavy atom. The van der Waals surface area contributed by atoms with Crippen molar-refractivity contribution in [2.75, 3.05) is 12.3 Å². The Kier molecular flexibility index (Phi) is 5.21. The zero-order valence-electron chi connectivity index (χ0n) is 14.5. The Bertz CT molecular complexity index is 694. The summed E-state index contributed by atoms with van der Waals surface area (Å²) in [6.07, 6.45) is 1.17. The van der Waals surface area contributed by atoms with Gasteiger partial charge in [0.2, 0.25) is 0 Å². The normalized spacial score (nSPS) is 11.9. The van der Waals surface area contributed by atoms with E-state index in [1.807, 2.05) is 13.8 Å². The summed E-state index contributed by atoms with van der Waals surface area (Å²) in [4.78, 5) is 4.12. The lowest BCUT2D eigenvalue weighted by Crippen LogP contribution is -2.22. The fourth-order valence-electron chi connectivity index (χ4n) is 2.36.